The Balaban J connectivity index is 1.50. The van der Waals surface area contributed by atoms with Crippen molar-refractivity contribution in [2.45, 2.75) is 19.3 Å². The summed E-state index contributed by atoms with van der Waals surface area (Å²) in [7, 11) is 0. The second-order valence-electron chi connectivity index (χ2n) is 6.91. The van der Waals surface area contributed by atoms with E-state index in [2.05, 4.69) is 9.99 Å². The highest BCUT2D eigenvalue weighted by Gasteiger charge is 2.16. The van der Waals surface area contributed by atoms with E-state index in [1.807, 2.05) is 65.4 Å². The lowest BCUT2D eigenvalue weighted by molar-refractivity contribution is 0.216. The van der Waals surface area contributed by atoms with Crippen molar-refractivity contribution < 1.29 is 9.47 Å². The number of benzene rings is 2. The topological polar surface area (TPSA) is 51.9 Å². The monoisotopic (exact) mass is 390 g/mol. The van der Waals surface area contributed by atoms with Gasteiger partial charge in [0.15, 0.2) is 5.84 Å². The molecule has 1 aromatic heterocycles. The molecule has 6 heteroatoms. The lowest BCUT2D eigenvalue weighted by atomic mass is 10.1. The highest BCUT2D eigenvalue weighted by Crippen LogP contribution is 2.21. The van der Waals surface area contributed by atoms with Crippen LogP contribution in [0, 0.1) is 0 Å². The molecule has 1 aliphatic rings. The molecule has 29 heavy (non-hydrogen) atoms. The third kappa shape index (κ3) is 5.16. The molecule has 0 bridgehead atoms. The van der Waals surface area contributed by atoms with Crippen LogP contribution in [0.5, 0.6) is 11.5 Å². The molecule has 6 nitrogen and oxygen atoms in total. The van der Waals surface area contributed by atoms with Crippen molar-refractivity contribution in [3.05, 3.63) is 78.9 Å². The number of imidazole rings is 1. The maximum Gasteiger partial charge on any atom is 0.169 e. The number of aromatic nitrogens is 2. The van der Waals surface area contributed by atoms with E-state index in [0.717, 1.165) is 36.0 Å². The van der Waals surface area contributed by atoms with Crippen molar-refractivity contribution in [3.63, 3.8) is 0 Å². The summed E-state index contributed by atoms with van der Waals surface area (Å²) in [6.45, 7) is 2.88. The molecule has 0 amide bonds. The van der Waals surface area contributed by atoms with E-state index in [1.54, 1.807) is 12.5 Å². The first-order valence-corrected chi connectivity index (χ1v) is 10.1. The number of hydrazone groups is 1. The zero-order valence-electron chi connectivity index (χ0n) is 16.5. The first-order chi connectivity index (χ1) is 14.4. The molecule has 0 spiro atoms. The quantitative estimate of drug-likeness (QED) is 0.347. The smallest absolute Gasteiger partial charge is 0.169 e. The summed E-state index contributed by atoms with van der Waals surface area (Å²) in [4.78, 5) is 4.20. The molecule has 0 atom stereocenters. The Bertz CT molecular complexity index is 904. The van der Waals surface area contributed by atoms with Crippen molar-refractivity contribution in [2.24, 2.45) is 5.10 Å². The molecule has 150 valence electrons. The minimum Gasteiger partial charge on any atom is -0.490 e. The first kappa shape index (κ1) is 19.1. The molecule has 2 aromatic carbocycles. The third-order valence-electron chi connectivity index (χ3n) is 4.80. The number of hydrogen-bond acceptors (Lipinski definition) is 5. The van der Waals surface area contributed by atoms with Crippen LogP contribution in [0.1, 0.15) is 24.8 Å². The van der Waals surface area contributed by atoms with Gasteiger partial charge < -0.3 is 9.47 Å². The van der Waals surface area contributed by atoms with Crippen LogP contribution < -0.4 is 9.47 Å². The van der Waals surface area contributed by atoms with Crippen molar-refractivity contribution in [3.8, 4) is 11.5 Å². The summed E-state index contributed by atoms with van der Waals surface area (Å²) in [5, 5.41) is 7.09. The molecule has 0 radical (unpaired) electrons. The Labute approximate surface area is 171 Å². The molecule has 1 aliphatic heterocycles. The Morgan fingerprint density at radius 1 is 0.897 bits per heavy atom. The fourth-order valence-electron chi connectivity index (χ4n) is 3.35. The zero-order valence-corrected chi connectivity index (χ0v) is 16.5. The van der Waals surface area contributed by atoms with Crippen LogP contribution in [0.2, 0.25) is 0 Å². The van der Waals surface area contributed by atoms with Gasteiger partial charge in [-0.1, -0.05) is 30.3 Å². The fraction of sp³-hybridized carbons (Fsp3) is 0.304. The largest absolute Gasteiger partial charge is 0.490 e. The van der Waals surface area contributed by atoms with Gasteiger partial charge in [0, 0.05) is 25.5 Å². The highest BCUT2D eigenvalue weighted by molar-refractivity contribution is 6.02. The molecule has 1 fully saturated rings. The van der Waals surface area contributed by atoms with Gasteiger partial charge in [0.1, 0.15) is 31.0 Å². The predicted molar refractivity (Wildman–Crippen MR) is 113 cm³/mol. The van der Waals surface area contributed by atoms with Crippen LogP contribution >= 0.6 is 0 Å². The summed E-state index contributed by atoms with van der Waals surface area (Å²) in [5.41, 5.74) is 0.941. The SMILES string of the molecule is c1ccc(OCCOc2ccccc2C(=NN2CCCCC2)n2ccnc2)cc1. The van der Waals surface area contributed by atoms with Crippen molar-refractivity contribution >= 4 is 5.84 Å². The highest BCUT2D eigenvalue weighted by atomic mass is 16.5. The lowest BCUT2D eigenvalue weighted by Gasteiger charge is -2.25. The number of rotatable bonds is 7. The molecule has 1 saturated heterocycles. The maximum absolute atomic E-state index is 6.07. The standard InChI is InChI=1S/C23H26N4O2/c1-3-9-20(10-4-1)28-17-18-29-22-12-6-5-11-21(22)23(26-16-13-24-19-26)25-27-14-7-2-8-15-27/h1,3-6,9-13,16,19H,2,7-8,14-15,17-18H2. The van der Waals surface area contributed by atoms with E-state index in [1.165, 1.54) is 19.3 Å². The van der Waals surface area contributed by atoms with Crippen LogP contribution in [0.4, 0.5) is 0 Å². The molecular weight excluding hydrogens is 364 g/mol. The van der Waals surface area contributed by atoms with E-state index in [9.17, 15) is 0 Å². The van der Waals surface area contributed by atoms with Crippen LogP contribution in [-0.2, 0) is 0 Å². The third-order valence-corrected chi connectivity index (χ3v) is 4.80. The van der Waals surface area contributed by atoms with Crippen molar-refractivity contribution in [2.75, 3.05) is 26.3 Å². The fourth-order valence-corrected chi connectivity index (χ4v) is 3.35. The van der Waals surface area contributed by atoms with Crippen LogP contribution in [0.15, 0.2) is 78.4 Å². The average molecular weight is 390 g/mol. The van der Waals surface area contributed by atoms with E-state index < -0.39 is 0 Å². The van der Waals surface area contributed by atoms with Crippen LogP contribution in [0.3, 0.4) is 0 Å². The maximum atomic E-state index is 6.07. The molecule has 0 N–H and O–H groups in total. The Hall–Kier alpha value is -3.28. The van der Waals surface area contributed by atoms with Crippen molar-refractivity contribution in [1.82, 2.24) is 14.6 Å². The summed E-state index contributed by atoms with van der Waals surface area (Å²) in [6.07, 6.45) is 9.08. The molecule has 0 aliphatic carbocycles. The van der Waals surface area contributed by atoms with Gasteiger partial charge in [0.25, 0.3) is 0 Å². The summed E-state index contributed by atoms with van der Waals surface area (Å²) in [5.74, 6) is 2.45. The molecule has 3 aromatic rings. The number of hydrogen-bond donors (Lipinski definition) is 0. The number of ether oxygens (including phenoxy) is 2. The Morgan fingerprint density at radius 3 is 2.45 bits per heavy atom. The van der Waals surface area contributed by atoms with Gasteiger partial charge in [-0.15, -0.1) is 0 Å². The average Bonchev–Trinajstić information content (AvgIpc) is 3.32. The second kappa shape index (κ2) is 9.78. The number of piperidine rings is 1. The zero-order chi connectivity index (χ0) is 19.7. The van der Waals surface area contributed by atoms with Crippen LogP contribution in [-0.4, -0.2) is 46.7 Å². The summed E-state index contributed by atoms with van der Waals surface area (Å²) in [6, 6.07) is 17.8. The Morgan fingerprint density at radius 2 is 1.66 bits per heavy atom. The van der Waals surface area contributed by atoms with E-state index in [4.69, 9.17) is 14.6 Å². The minimum atomic E-state index is 0.451. The van der Waals surface area contributed by atoms with Crippen LogP contribution in [0.25, 0.3) is 0 Å². The van der Waals surface area contributed by atoms with Gasteiger partial charge in [0.05, 0.1) is 5.56 Å². The number of para-hydroxylation sites is 2. The van der Waals surface area contributed by atoms with Gasteiger partial charge in [-0.25, -0.2) is 4.98 Å². The molecule has 4 rings (SSSR count). The predicted octanol–water partition coefficient (Wildman–Crippen LogP) is 4.04. The lowest BCUT2D eigenvalue weighted by Crippen LogP contribution is -2.28. The Kier molecular flexibility index (Phi) is 6.42. The first-order valence-electron chi connectivity index (χ1n) is 10.1. The molecule has 0 saturated carbocycles. The van der Waals surface area contributed by atoms with Crippen molar-refractivity contribution in [1.29, 1.82) is 0 Å². The normalized spacial score (nSPS) is 14.6. The summed E-state index contributed by atoms with van der Waals surface area (Å²) >= 11 is 0. The summed E-state index contributed by atoms with van der Waals surface area (Å²) < 4.78 is 13.8. The van der Waals surface area contributed by atoms with Gasteiger partial charge in [-0.05, 0) is 43.5 Å². The molecule has 2 heterocycles. The van der Waals surface area contributed by atoms with Gasteiger partial charge in [-0.2, -0.15) is 5.10 Å². The number of nitrogens with zero attached hydrogens (tertiary/aromatic N) is 4. The van der Waals surface area contributed by atoms with Gasteiger partial charge in [0.2, 0.25) is 0 Å². The van der Waals surface area contributed by atoms with E-state index in [-0.39, 0.29) is 0 Å². The van der Waals surface area contributed by atoms with E-state index in [0.29, 0.717) is 13.2 Å². The van der Waals surface area contributed by atoms with Gasteiger partial charge >= 0.3 is 0 Å². The minimum absolute atomic E-state index is 0.451. The molecular formula is C23H26N4O2. The second-order valence-corrected chi connectivity index (χ2v) is 6.91. The van der Waals surface area contributed by atoms with E-state index >= 15 is 0 Å². The molecule has 0 unspecified atom stereocenters. The van der Waals surface area contributed by atoms with Gasteiger partial charge in [-0.3, -0.25) is 9.58 Å².